The van der Waals surface area contributed by atoms with E-state index in [-0.39, 0.29) is 24.7 Å². The highest BCUT2D eigenvalue weighted by Crippen LogP contribution is 2.28. The van der Waals surface area contributed by atoms with Crippen LogP contribution in [0.5, 0.6) is 0 Å². The number of alkyl halides is 3. The molecule has 0 fully saturated rings. The van der Waals surface area contributed by atoms with Crippen molar-refractivity contribution >= 4 is 17.5 Å². The van der Waals surface area contributed by atoms with Gasteiger partial charge in [-0.05, 0) is 25.1 Å². The van der Waals surface area contributed by atoms with Crippen LogP contribution in [0.15, 0.2) is 47.8 Å². The summed E-state index contributed by atoms with van der Waals surface area (Å²) in [6, 6.07) is 8.76. The molecule has 0 bridgehead atoms. The molecule has 150 valence electrons. The first kappa shape index (κ1) is 21.2. The summed E-state index contributed by atoms with van der Waals surface area (Å²) in [7, 11) is 1.37. The maximum Gasteiger partial charge on any atom is 0.417 e. The molecule has 1 amide bonds. The Hall–Kier alpha value is -3.14. The Kier molecular flexibility index (Phi) is 6.94. The van der Waals surface area contributed by atoms with Crippen molar-refractivity contribution < 1.29 is 32.6 Å². The number of anilines is 1. The van der Waals surface area contributed by atoms with Gasteiger partial charge in [-0.1, -0.05) is 23.4 Å². The lowest BCUT2D eigenvalue weighted by Crippen LogP contribution is -2.32. The Balaban J connectivity index is 2.11. The smallest absolute Gasteiger partial charge is 0.417 e. The van der Waals surface area contributed by atoms with E-state index in [1.807, 2.05) is 0 Å². The van der Waals surface area contributed by atoms with Gasteiger partial charge in [0.05, 0.1) is 16.9 Å². The summed E-state index contributed by atoms with van der Waals surface area (Å²) in [6.07, 6.45) is -4.93. The van der Waals surface area contributed by atoms with Gasteiger partial charge < -0.3 is 14.7 Å². The Bertz CT molecular complexity index is 839. The van der Waals surface area contributed by atoms with Gasteiger partial charge >= 0.3 is 12.3 Å². The molecule has 0 atom stereocenters. The second-order valence-corrected chi connectivity index (χ2v) is 5.64. The number of halogens is 3. The molecule has 0 aliphatic rings. The van der Waals surface area contributed by atoms with Crippen LogP contribution in [0.3, 0.4) is 0 Å². The van der Waals surface area contributed by atoms with E-state index in [0.29, 0.717) is 11.3 Å². The van der Waals surface area contributed by atoms with E-state index in [2.05, 4.69) is 10.1 Å². The molecule has 0 aliphatic heterocycles. The number of oxime groups is 1. The molecule has 1 aromatic carbocycles. The van der Waals surface area contributed by atoms with E-state index >= 15 is 0 Å². The van der Waals surface area contributed by atoms with E-state index in [1.165, 1.54) is 20.1 Å². The summed E-state index contributed by atoms with van der Waals surface area (Å²) in [5.74, 6) is 0. The quantitative estimate of drug-likeness (QED) is 0.431. The van der Waals surface area contributed by atoms with Gasteiger partial charge in [0.15, 0.2) is 0 Å². The molecule has 1 aromatic heterocycles. The average molecular weight is 397 g/mol. The normalized spacial score (nSPS) is 12.0. The van der Waals surface area contributed by atoms with Gasteiger partial charge in [-0.15, -0.1) is 0 Å². The van der Waals surface area contributed by atoms with Crippen LogP contribution < -0.4 is 4.90 Å². The minimum atomic E-state index is -4.46. The minimum Gasteiger partial charge on any atom is -0.465 e. The number of para-hydroxylation sites is 1. The maximum absolute atomic E-state index is 12.6. The molecule has 2 aromatic rings. The van der Waals surface area contributed by atoms with Crippen LogP contribution in [-0.2, 0) is 22.4 Å². The number of methoxy groups -OCH3 is 1. The lowest BCUT2D eigenvalue weighted by molar-refractivity contribution is -0.137. The van der Waals surface area contributed by atoms with Crippen LogP contribution in [-0.4, -0.2) is 35.7 Å². The Morgan fingerprint density at radius 1 is 1.25 bits per heavy atom. The second kappa shape index (κ2) is 9.18. The number of hydrogen-bond donors (Lipinski definition) is 1. The van der Waals surface area contributed by atoms with Gasteiger partial charge in [-0.2, -0.15) is 13.2 Å². The van der Waals surface area contributed by atoms with Crippen LogP contribution in [0.1, 0.15) is 23.7 Å². The zero-order valence-corrected chi connectivity index (χ0v) is 15.1. The fourth-order valence-corrected chi connectivity index (χ4v) is 2.27. The highest BCUT2D eigenvalue weighted by molar-refractivity contribution is 5.96. The van der Waals surface area contributed by atoms with Crippen LogP contribution in [0.2, 0.25) is 0 Å². The number of ether oxygens (including phenoxy) is 1. The van der Waals surface area contributed by atoms with E-state index in [0.717, 1.165) is 17.2 Å². The molecular weight excluding hydrogens is 379 g/mol. The molecule has 0 aliphatic carbocycles. The first-order valence-electron chi connectivity index (χ1n) is 8.01. The van der Waals surface area contributed by atoms with Gasteiger partial charge in [-0.3, -0.25) is 9.88 Å². The predicted octanol–water partition coefficient (Wildman–Crippen LogP) is 4.13. The number of aromatic nitrogens is 1. The van der Waals surface area contributed by atoms with E-state index in [9.17, 15) is 23.1 Å². The van der Waals surface area contributed by atoms with Crippen molar-refractivity contribution in [3.63, 3.8) is 0 Å². The van der Waals surface area contributed by atoms with Gasteiger partial charge in [0.1, 0.15) is 19.0 Å². The average Bonchev–Trinajstić information content (AvgIpc) is 2.66. The summed E-state index contributed by atoms with van der Waals surface area (Å²) in [5, 5.41) is 13.2. The van der Waals surface area contributed by atoms with Crippen molar-refractivity contribution in [1.82, 2.24) is 4.98 Å². The number of amides is 1. The lowest BCUT2D eigenvalue weighted by Gasteiger charge is -2.20. The molecule has 28 heavy (non-hydrogen) atoms. The van der Waals surface area contributed by atoms with Crippen molar-refractivity contribution in [2.75, 3.05) is 18.7 Å². The van der Waals surface area contributed by atoms with Crippen LogP contribution >= 0.6 is 0 Å². The zero-order valence-electron chi connectivity index (χ0n) is 15.1. The predicted molar refractivity (Wildman–Crippen MR) is 95.1 cm³/mol. The van der Waals surface area contributed by atoms with E-state index < -0.39 is 17.8 Å². The molecule has 0 saturated heterocycles. The number of rotatable bonds is 7. The third kappa shape index (κ3) is 5.43. The zero-order chi connectivity index (χ0) is 20.7. The van der Waals surface area contributed by atoms with Crippen molar-refractivity contribution in [2.45, 2.75) is 19.7 Å². The molecule has 10 heteroatoms. The number of nitrogens with zero attached hydrogens (tertiary/aromatic N) is 3. The number of pyridine rings is 1. The molecule has 7 nitrogen and oxygen atoms in total. The minimum absolute atomic E-state index is 0.0539. The molecule has 2 rings (SSSR count). The van der Waals surface area contributed by atoms with Crippen LogP contribution in [0, 0.1) is 0 Å². The van der Waals surface area contributed by atoms with Crippen molar-refractivity contribution in [3.05, 3.63) is 59.4 Å². The molecular formula is C18H18F3N3O4. The number of hydrogen-bond acceptors (Lipinski definition) is 5. The fourth-order valence-electron chi connectivity index (χ4n) is 2.27. The third-order valence-electron chi connectivity index (χ3n) is 3.65. The summed E-state index contributed by atoms with van der Waals surface area (Å²) in [6.45, 7) is 1.32. The lowest BCUT2D eigenvalue weighted by atomic mass is 10.2. The molecule has 0 saturated carbocycles. The Morgan fingerprint density at radius 3 is 2.54 bits per heavy atom. The van der Waals surface area contributed by atoms with Crippen LogP contribution in [0.25, 0.3) is 0 Å². The Labute approximate surface area is 159 Å². The molecule has 1 heterocycles. The summed E-state index contributed by atoms with van der Waals surface area (Å²) < 4.78 is 42.6. The standard InChI is InChI=1S/C18H18F3N3O4/c1-12(15-8-7-14(9-22-15)18(19,20)21)23-28-10-13-5-3-4-6-16(13)24(11-27-2)17(25)26/h3-9H,10-11H2,1-2H3,(H,25,26). The second-order valence-electron chi connectivity index (χ2n) is 5.64. The van der Waals surface area contributed by atoms with Crippen LogP contribution in [0.4, 0.5) is 23.7 Å². The monoisotopic (exact) mass is 397 g/mol. The largest absolute Gasteiger partial charge is 0.465 e. The number of carboxylic acid groups (broad SMARTS) is 1. The highest BCUT2D eigenvalue weighted by Gasteiger charge is 2.30. The van der Waals surface area contributed by atoms with Gasteiger partial charge in [-0.25, -0.2) is 4.79 Å². The fraction of sp³-hybridized carbons (Fsp3) is 0.278. The van der Waals surface area contributed by atoms with Gasteiger partial charge in [0.25, 0.3) is 0 Å². The van der Waals surface area contributed by atoms with E-state index in [1.54, 1.807) is 24.3 Å². The number of carbonyl (C=O) groups is 1. The maximum atomic E-state index is 12.6. The molecule has 0 unspecified atom stereocenters. The summed E-state index contributed by atoms with van der Waals surface area (Å²) in [4.78, 5) is 21.4. The van der Waals surface area contributed by atoms with Gasteiger partial charge in [0.2, 0.25) is 0 Å². The summed E-state index contributed by atoms with van der Waals surface area (Å²) >= 11 is 0. The number of benzene rings is 1. The highest BCUT2D eigenvalue weighted by atomic mass is 19.4. The topological polar surface area (TPSA) is 84.2 Å². The molecule has 1 N–H and O–H groups in total. The molecule has 0 radical (unpaired) electrons. The molecule has 0 spiro atoms. The van der Waals surface area contributed by atoms with Crippen molar-refractivity contribution in [2.24, 2.45) is 5.16 Å². The Morgan fingerprint density at radius 2 is 1.96 bits per heavy atom. The van der Waals surface area contributed by atoms with Gasteiger partial charge in [0, 0.05) is 18.9 Å². The van der Waals surface area contributed by atoms with E-state index in [4.69, 9.17) is 9.57 Å². The third-order valence-corrected chi connectivity index (χ3v) is 3.65. The SMILES string of the molecule is COCN(C(=O)O)c1ccccc1CON=C(C)c1ccc(C(F)(F)F)cn1. The first-order valence-corrected chi connectivity index (χ1v) is 8.01. The summed E-state index contributed by atoms with van der Waals surface area (Å²) in [5.41, 5.74) is 0.563. The van der Waals surface area contributed by atoms with Crippen molar-refractivity contribution in [1.29, 1.82) is 0 Å². The first-order chi connectivity index (χ1) is 13.2. The van der Waals surface area contributed by atoms with Crippen molar-refractivity contribution in [3.8, 4) is 0 Å².